The molecule has 6 rings (SSSR count). The summed E-state index contributed by atoms with van der Waals surface area (Å²) >= 11 is 2.58. The Labute approximate surface area is 209 Å². The van der Waals surface area contributed by atoms with Gasteiger partial charge in [-0.05, 0) is 0 Å². The molecule has 0 unspecified atom stereocenters. The molecule has 2 bridgehead atoms. The lowest BCUT2D eigenvalue weighted by molar-refractivity contribution is -0.940. The van der Waals surface area contributed by atoms with Crippen LogP contribution in [-0.2, 0) is 19.2 Å². The molecule has 14 heteroatoms. The van der Waals surface area contributed by atoms with E-state index in [-0.39, 0.29) is 22.2 Å². The van der Waals surface area contributed by atoms with Gasteiger partial charge in [-0.3, -0.25) is 14.5 Å². The lowest BCUT2D eigenvalue weighted by Crippen LogP contribution is -2.71. The van der Waals surface area contributed by atoms with Crippen molar-refractivity contribution < 1.29 is 33.9 Å². The predicted octanol–water partition coefficient (Wildman–Crippen LogP) is -0.440. The summed E-state index contributed by atoms with van der Waals surface area (Å²) < 4.78 is 0.745. The van der Waals surface area contributed by atoms with E-state index in [4.69, 9.17) is 10.6 Å². The Kier molecular flexibility index (Phi) is 6.02. The number of rotatable bonds is 7. The van der Waals surface area contributed by atoms with Crippen LogP contribution in [0.4, 0.5) is 5.13 Å². The van der Waals surface area contributed by atoms with E-state index in [1.165, 1.54) is 23.8 Å². The number of nitrogens with one attached hydrogen (secondary N) is 1. The number of amides is 2. The number of fused-ring (bicyclic) bond motifs is 4. The number of aliphatic hydroxyl groups is 1. The third-order valence-corrected chi connectivity index (χ3v) is 9.39. The van der Waals surface area contributed by atoms with Crippen molar-refractivity contribution >= 4 is 51.7 Å². The van der Waals surface area contributed by atoms with Gasteiger partial charge in [0.15, 0.2) is 10.8 Å². The summed E-state index contributed by atoms with van der Waals surface area (Å²) in [4.78, 5) is 48.3. The summed E-state index contributed by atoms with van der Waals surface area (Å²) in [7, 11) is 1.29. The molecular formula is C21H27N6O6S2+. The van der Waals surface area contributed by atoms with Crippen molar-refractivity contribution in [3.63, 3.8) is 0 Å². The second-order valence-electron chi connectivity index (χ2n) is 9.46. The molecular weight excluding hydrogens is 496 g/mol. The minimum Gasteiger partial charge on any atom is -0.477 e. The molecule has 5 N–H and O–H groups in total. The van der Waals surface area contributed by atoms with Crippen molar-refractivity contribution in [1.82, 2.24) is 15.2 Å². The molecule has 4 fully saturated rings. The minimum absolute atomic E-state index is 0.0150. The fraction of sp³-hybridized carbons (Fsp3) is 0.571. The first kappa shape index (κ1) is 24.0. The van der Waals surface area contributed by atoms with Gasteiger partial charge in [0, 0.05) is 36.0 Å². The third kappa shape index (κ3) is 4.17. The molecule has 0 aliphatic carbocycles. The largest absolute Gasteiger partial charge is 0.477 e. The Morgan fingerprint density at radius 3 is 2.63 bits per heavy atom. The first-order valence-electron chi connectivity index (χ1n) is 11.3. The molecule has 188 valence electrons. The van der Waals surface area contributed by atoms with Crippen LogP contribution < -0.4 is 11.1 Å². The molecule has 35 heavy (non-hydrogen) atoms. The van der Waals surface area contributed by atoms with Gasteiger partial charge in [0.2, 0.25) is 0 Å². The fourth-order valence-electron chi connectivity index (χ4n) is 5.39. The number of aromatic nitrogens is 1. The minimum atomic E-state index is -1.15. The molecule has 1 aromatic heterocycles. The highest BCUT2D eigenvalue weighted by Gasteiger charge is 2.56. The molecule has 12 nitrogen and oxygen atoms in total. The van der Waals surface area contributed by atoms with Crippen LogP contribution in [0.3, 0.4) is 0 Å². The highest BCUT2D eigenvalue weighted by atomic mass is 32.2. The van der Waals surface area contributed by atoms with Crippen molar-refractivity contribution in [2.24, 2.45) is 5.16 Å². The van der Waals surface area contributed by atoms with Crippen LogP contribution in [0.5, 0.6) is 0 Å². The number of nitrogen functional groups attached to an aromatic ring is 1. The summed E-state index contributed by atoms with van der Waals surface area (Å²) in [5.74, 6) is -1.83. The van der Waals surface area contributed by atoms with Gasteiger partial charge in [0.25, 0.3) is 11.8 Å². The zero-order valence-corrected chi connectivity index (χ0v) is 20.7. The number of carboxylic acid groups (broad SMARTS) is 1. The number of β-lactam (4-membered cyclic amide) rings is 1. The molecule has 6 heterocycles. The zero-order valence-electron chi connectivity index (χ0n) is 19.1. The Hall–Kier alpha value is -2.68. The Balaban J connectivity index is 1.33. The number of thiazole rings is 1. The molecule has 5 aliphatic rings. The number of carbonyl (C=O) groups excluding carboxylic acids is 2. The first-order chi connectivity index (χ1) is 16.7. The van der Waals surface area contributed by atoms with Crippen molar-refractivity contribution in [2.45, 2.75) is 36.3 Å². The van der Waals surface area contributed by atoms with Gasteiger partial charge in [0.05, 0.1) is 25.2 Å². The maximum Gasteiger partial charge on any atom is 0.352 e. The van der Waals surface area contributed by atoms with Crippen LogP contribution in [0, 0.1) is 0 Å². The van der Waals surface area contributed by atoms with E-state index < -0.39 is 34.8 Å². The van der Waals surface area contributed by atoms with E-state index >= 15 is 0 Å². The van der Waals surface area contributed by atoms with Crippen LogP contribution in [0.1, 0.15) is 25.0 Å². The SMILES string of the molecule is CON=C(C(=O)N[C@@H]1C(=O)N2C(C(=O)O)=C(C[N+]34CCC(O)(CC3)CC4)CS[C@@H]12)c1csc(N)n1. The highest BCUT2D eigenvalue weighted by Crippen LogP contribution is 2.43. The van der Waals surface area contributed by atoms with Gasteiger partial charge in [-0.15, -0.1) is 23.1 Å². The van der Waals surface area contributed by atoms with Gasteiger partial charge in [0.1, 0.15) is 36.5 Å². The Bertz CT molecular complexity index is 1120. The van der Waals surface area contributed by atoms with Gasteiger partial charge in [-0.25, -0.2) is 9.78 Å². The molecule has 1 aromatic rings. The quantitative estimate of drug-likeness (QED) is 0.160. The molecule has 0 spiro atoms. The number of carboxylic acids is 1. The number of oxime groups is 1. The summed E-state index contributed by atoms with van der Waals surface area (Å²) in [5, 5.41) is 28.2. The van der Waals surface area contributed by atoms with E-state index in [1.54, 1.807) is 5.38 Å². The molecule has 0 aromatic carbocycles. The standard InChI is InChI=1S/C21H26N6O6S2/c1-33-25-13(12-10-35-20(22)23-12)16(28)24-14-17(29)26-15(19(30)31)11(9-34-18(14)26)8-27-5-2-21(32,3-6-27)4-7-27/h10,14,18,32H,2-9H2,1H3,(H3-,22,23,24,28,30,31)/p+1/t14-,18+,21?,27?/m1/s1. The number of anilines is 1. The monoisotopic (exact) mass is 523 g/mol. The van der Waals surface area contributed by atoms with E-state index in [1.807, 2.05) is 0 Å². The fourth-order valence-corrected chi connectivity index (χ4v) is 7.28. The van der Waals surface area contributed by atoms with E-state index in [2.05, 4.69) is 15.5 Å². The molecule has 2 atom stereocenters. The lowest BCUT2D eigenvalue weighted by atomic mass is 9.81. The normalized spacial score (nSPS) is 32.2. The molecule has 2 amide bonds. The number of quaternary nitrogens is 1. The van der Waals surface area contributed by atoms with Gasteiger partial charge in [-0.1, -0.05) is 5.16 Å². The number of nitrogens with zero attached hydrogens (tertiary/aromatic N) is 4. The molecule has 0 radical (unpaired) electrons. The van der Waals surface area contributed by atoms with Crippen molar-refractivity contribution in [2.75, 3.05) is 44.8 Å². The van der Waals surface area contributed by atoms with Gasteiger partial charge < -0.3 is 30.6 Å². The maximum atomic E-state index is 13.1. The number of thioether (sulfide) groups is 1. The second kappa shape index (κ2) is 8.76. The van der Waals surface area contributed by atoms with Crippen LogP contribution in [0.15, 0.2) is 21.8 Å². The molecule has 5 aliphatic heterocycles. The van der Waals surface area contributed by atoms with Crippen molar-refractivity contribution in [1.29, 1.82) is 0 Å². The predicted molar refractivity (Wildman–Crippen MR) is 128 cm³/mol. The maximum absolute atomic E-state index is 13.1. The number of aliphatic carboxylic acids is 1. The van der Waals surface area contributed by atoms with E-state index in [0.29, 0.717) is 31.6 Å². The summed E-state index contributed by atoms with van der Waals surface area (Å²) in [6, 6.07) is -0.895. The average molecular weight is 524 g/mol. The number of hydrogen-bond donors (Lipinski definition) is 4. The third-order valence-electron chi connectivity index (χ3n) is 7.38. The zero-order chi connectivity index (χ0) is 25.0. The lowest BCUT2D eigenvalue weighted by Gasteiger charge is -2.54. The molecule has 4 saturated heterocycles. The smallest absolute Gasteiger partial charge is 0.352 e. The van der Waals surface area contributed by atoms with Crippen LogP contribution in [0.2, 0.25) is 0 Å². The van der Waals surface area contributed by atoms with E-state index in [9.17, 15) is 24.6 Å². The first-order valence-corrected chi connectivity index (χ1v) is 13.2. The van der Waals surface area contributed by atoms with Crippen molar-refractivity contribution in [3.8, 4) is 0 Å². The summed E-state index contributed by atoms with van der Waals surface area (Å²) in [5.41, 5.74) is 5.92. The van der Waals surface area contributed by atoms with Crippen LogP contribution >= 0.6 is 23.1 Å². The van der Waals surface area contributed by atoms with Gasteiger partial charge >= 0.3 is 5.97 Å². The number of piperidine rings is 3. The Morgan fingerprint density at radius 1 is 1.37 bits per heavy atom. The second-order valence-corrected chi connectivity index (χ2v) is 11.5. The average Bonchev–Trinajstić information content (AvgIpc) is 3.27. The van der Waals surface area contributed by atoms with Crippen molar-refractivity contribution in [3.05, 3.63) is 22.3 Å². The van der Waals surface area contributed by atoms with E-state index in [0.717, 1.165) is 41.0 Å². The Morgan fingerprint density at radius 2 is 2.06 bits per heavy atom. The van der Waals surface area contributed by atoms with Gasteiger partial charge in [-0.2, -0.15) is 0 Å². The summed E-state index contributed by atoms with van der Waals surface area (Å²) in [6.07, 6.45) is 2.14. The number of nitrogens with two attached hydrogens (primary N) is 1. The number of carbonyl (C=O) groups is 3. The topological polar surface area (TPSA) is 167 Å². The number of hydrogen-bond acceptors (Lipinski definition) is 10. The molecule has 0 saturated carbocycles. The van der Waals surface area contributed by atoms with Crippen LogP contribution in [0.25, 0.3) is 0 Å². The summed E-state index contributed by atoms with van der Waals surface area (Å²) in [6.45, 7) is 2.96. The van der Waals surface area contributed by atoms with Crippen LogP contribution in [-0.4, -0.2) is 104 Å². The highest BCUT2D eigenvalue weighted by molar-refractivity contribution is 8.00.